The molecule has 0 aliphatic rings. The Hall–Kier alpha value is -2.09. The van der Waals surface area contributed by atoms with E-state index in [9.17, 15) is 0 Å². The van der Waals surface area contributed by atoms with Crippen molar-refractivity contribution in [2.45, 2.75) is 26.9 Å². The predicted molar refractivity (Wildman–Crippen MR) is 113 cm³/mol. The van der Waals surface area contributed by atoms with Crippen molar-refractivity contribution >= 4 is 22.1 Å². The van der Waals surface area contributed by atoms with E-state index in [1.807, 2.05) is 54.6 Å². The second-order valence-corrected chi connectivity index (χ2v) is 6.74. The van der Waals surface area contributed by atoms with Crippen molar-refractivity contribution in [1.82, 2.24) is 24.1 Å². The SMILES string of the molecule is CCn1c(-c2cccc(-c3nc4ccccc4n3CC)n2)nc2ccccc21.[Cl-].[Cl-].[Cl-].[Co+3]. The Kier molecular flexibility index (Phi) is 10.2. The number of para-hydroxylation sites is 4. The number of imidazole rings is 2. The molecule has 3 heterocycles. The zero-order valence-corrected chi connectivity index (χ0v) is 20.8. The minimum atomic E-state index is 0. The Morgan fingerprint density at radius 2 is 0.969 bits per heavy atom. The molecule has 32 heavy (non-hydrogen) atoms. The molecule has 0 atom stereocenters. The summed E-state index contributed by atoms with van der Waals surface area (Å²) in [5.41, 5.74) is 5.98. The normalized spacial score (nSPS) is 10.1. The molecule has 0 amide bonds. The van der Waals surface area contributed by atoms with Crippen LogP contribution in [0.5, 0.6) is 0 Å². The van der Waals surface area contributed by atoms with E-state index in [1.54, 1.807) is 0 Å². The number of fused-ring (bicyclic) bond motifs is 2. The van der Waals surface area contributed by atoms with Crippen molar-refractivity contribution in [3.05, 3.63) is 66.7 Å². The van der Waals surface area contributed by atoms with E-state index >= 15 is 0 Å². The molecule has 0 spiro atoms. The maximum atomic E-state index is 4.95. The zero-order chi connectivity index (χ0) is 19.1. The van der Waals surface area contributed by atoms with Gasteiger partial charge in [0.2, 0.25) is 0 Å². The minimum Gasteiger partial charge on any atom is -1.00 e. The zero-order valence-electron chi connectivity index (χ0n) is 17.5. The third-order valence-corrected chi connectivity index (χ3v) is 5.15. The van der Waals surface area contributed by atoms with E-state index in [0.29, 0.717) is 0 Å². The van der Waals surface area contributed by atoms with Gasteiger partial charge in [0.1, 0.15) is 11.4 Å². The van der Waals surface area contributed by atoms with Gasteiger partial charge in [-0.2, -0.15) is 0 Å². The third-order valence-electron chi connectivity index (χ3n) is 5.15. The number of hydrogen-bond acceptors (Lipinski definition) is 3. The molecule has 3 aromatic heterocycles. The molecule has 0 aliphatic carbocycles. The minimum absolute atomic E-state index is 0. The molecule has 0 unspecified atom stereocenters. The van der Waals surface area contributed by atoms with Crippen LogP contribution in [0.2, 0.25) is 0 Å². The molecule has 0 radical (unpaired) electrons. The number of benzene rings is 2. The van der Waals surface area contributed by atoms with Gasteiger partial charge < -0.3 is 46.4 Å². The summed E-state index contributed by atoms with van der Waals surface area (Å²) in [5, 5.41) is 0. The van der Waals surface area contributed by atoms with Gasteiger partial charge in [0.05, 0.1) is 22.1 Å². The van der Waals surface area contributed by atoms with E-state index in [0.717, 1.165) is 58.2 Å². The predicted octanol–water partition coefficient (Wildman–Crippen LogP) is -3.84. The smallest absolute Gasteiger partial charge is 1.00 e. The van der Waals surface area contributed by atoms with Crippen molar-refractivity contribution in [2.24, 2.45) is 0 Å². The maximum absolute atomic E-state index is 4.95. The average molecular weight is 533 g/mol. The quantitative estimate of drug-likeness (QED) is 0.238. The van der Waals surface area contributed by atoms with Crippen molar-refractivity contribution in [1.29, 1.82) is 0 Å². The Balaban J connectivity index is 0.00000128. The summed E-state index contributed by atoms with van der Waals surface area (Å²) in [6.07, 6.45) is 0. The van der Waals surface area contributed by atoms with Crippen molar-refractivity contribution in [3.8, 4) is 23.0 Å². The van der Waals surface area contributed by atoms with Crippen LogP contribution in [0.15, 0.2) is 66.7 Å². The van der Waals surface area contributed by atoms with E-state index < -0.39 is 0 Å². The molecule has 9 heteroatoms. The van der Waals surface area contributed by atoms with Crippen LogP contribution in [0.1, 0.15) is 13.8 Å². The van der Waals surface area contributed by atoms with Gasteiger partial charge >= 0.3 is 16.8 Å². The first kappa shape index (κ1) is 27.9. The summed E-state index contributed by atoms with van der Waals surface area (Å²) in [6.45, 7) is 5.96. The van der Waals surface area contributed by atoms with Gasteiger partial charge in [-0.25, -0.2) is 15.0 Å². The fourth-order valence-electron chi connectivity index (χ4n) is 3.87. The van der Waals surface area contributed by atoms with E-state index in [-0.39, 0.29) is 54.0 Å². The van der Waals surface area contributed by atoms with Crippen LogP contribution >= 0.6 is 0 Å². The first-order chi connectivity index (χ1) is 13.8. The number of nitrogens with zero attached hydrogens (tertiary/aromatic N) is 5. The number of rotatable bonds is 4. The van der Waals surface area contributed by atoms with Crippen LogP contribution in [-0.4, -0.2) is 24.1 Å². The molecular formula is C23H21Cl3CoN5. The van der Waals surface area contributed by atoms with Crippen LogP contribution in [0.25, 0.3) is 45.1 Å². The standard InChI is InChI=1S/C23H21N5.3ClH.Co/c1-3-27-20-14-7-5-10-16(20)25-22(27)18-12-9-13-19(24-18)23-26-17-11-6-8-15-21(17)28(23)4-2;;;;/h5-15H,3-4H2,1-2H3;3*1H;/q;;;;+3/p-3. The Morgan fingerprint density at radius 3 is 1.38 bits per heavy atom. The van der Waals surface area contributed by atoms with Crippen molar-refractivity contribution < 1.29 is 54.0 Å². The second kappa shape index (κ2) is 11.7. The second-order valence-electron chi connectivity index (χ2n) is 6.74. The Bertz CT molecular complexity index is 1220. The van der Waals surface area contributed by atoms with E-state index in [4.69, 9.17) is 15.0 Å². The van der Waals surface area contributed by atoms with Gasteiger partial charge in [-0.15, -0.1) is 0 Å². The number of aromatic nitrogens is 5. The van der Waals surface area contributed by atoms with Crippen molar-refractivity contribution in [3.63, 3.8) is 0 Å². The van der Waals surface area contributed by atoms with Crippen LogP contribution in [-0.2, 0) is 29.9 Å². The summed E-state index contributed by atoms with van der Waals surface area (Å²) in [5.74, 6) is 1.79. The molecular weight excluding hydrogens is 512 g/mol. The average Bonchev–Trinajstić information content (AvgIpc) is 3.32. The van der Waals surface area contributed by atoms with Gasteiger partial charge in [0.25, 0.3) is 0 Å². The van der Waals surface area contributed by atoms with E-state index in [1.165, 1.54) is 0 Å². The van der Waals surface area contributed by atoms with Crippen LogP contribution in [0.4, 0.5) is 0 Å². The number of halogens is 3. The van der Waals surface area contributed by atoms with Gasteiger partial charge in [-0.1, -0.05) is 30.3 Å². The molecule has 5 aromatic rings. The third kappa shape index (κ3) is 4.65. The molecule has 0 bridgehead atoms. The van der Waals surface area contributed by atoms with Gasteiger partial charge in [0.15, 0.2) is 11.6 Å². The fraction of sp³-hybridized carbons (Fsp3) is 0.174. The first-order valence-electron chi connectivity index (χ1n) is 9.68. The molecule has 0 fully saturated rings. The van der Waals surface area contributed by atoms with Gasteiger partial charge in [-0.3, -0.25) is 0 Å². The largest absolute Gasteiger partial charge is 3.00 e. The number of pyridine rings is 1. The maximum Gasteiger partial charge on any atom is 3.00 e. The molecule has 168 valence electrons. The number of hydrogen-bond donors (Lipinski definition) is 0. The molecule has 0 saturated heterocycles. The molecule has 0 N–H and O–H groups in total. The summed E-state index contributed by atoms with van der Waals surface area (Å²) < 4.78 is 4.43. The molecule has 2 aromatic carbocycles. The topological polar surface area (TPSA) is 48.5 Å². The van der Waals surface area contributed by atoms with Crippen LogP contribution in [0, 0.1) is 0 Å². The first-order valence-corrected chi connectivity index (χ1v) is 9.68. The molecule has 5 rings (SSSR count). The summed E-state index contributed by atoms with van der Waals surface area (Å²) in [7, 11) is 0. The summed E-state index contributed by atoms with van der Waals surface area (Å²) in [4.78, 5) is 14.6. The summed E-state index contributed by atoms with van der Waals surface area (Å²) in [6, 6.07) is 22.5. The molecule has 0 saturated carbocycles. The number of aryl methyl sites for hydroxylation is 2. The molecule has 0 aliphatic heterocycles. The van der Waals surface area contributed by atoms with Crippen molar-refractivity contribution in [2.75, 3.05) is 0 Å². The Labute approximate surface area is 216 Å². The summed E-state index contributed by atoms with van der Waals surface area (Å²) >= 11 is 0. The van der Waals surface area contributed by atoms with Gasteiger partial charge in [0, 0.05) is 13.1 Å². The van der Waals surface area contributed by atoms with Crippen LogP contribution in [0.3, 0.4) is 0 Å². The Morgan fingerprint density at radius 1 is 0.562 bits per heavy atom. The van der Waals surface area contributed by atoms with Gasteiger partial charge in [-0.05, 0) is 50.2 Å². The molecule has 5 nitrogen and oxygen atoms in total. The van der Waals surface area contributed by atoms with E-state index in [2.05, 4.69) is 35.1 Å². The monoisotopic (exact) mass is 531 g/mol. The van der Waals surface area contributed by atoms with Crippen LogP contribution < -0.4 is 37.2 Å². The fourth-order valence-corrected chi connectivity index (χ4v) is 3.87.